The second-order valence-electron chi connectivity index (χ2n) is 3.24. The Bertz CT molecular complexity index is 313. The van der Waals surface area contributed by atoms with E-state index in [9.17, 15) is 17.5 Å². The monoisotopic (exact) mass is 343 g/mol. The maximum atomic E-state index is 11.1. The molecule has 2 atom stereocenters. The summed E-state index contributed by atoms with van der Waals surface area (Å²) < 4.78 is 52.4. The largest absolute Gasteiger partial charge is 0.510 e. The van der Waals surface area contributed by atoms with Crippen molar-refractivity contribution in [3.8, 4) is 0 Å². The fourth-order valence-corrected chi connectivity index (χ4v) is 4.85. The molecule has 0 aliphatic heterocycles. The molecule has 2 radical (unpaired) electrons. The summed E-state index contributed by atoms with van der Waals surface area (Å²) in [6.07, 6.45) is 0. The molecule has 0 fully saturated rings. The number of hydrogen-bond donors (Lipinski definition) is 2. The van der Waals surface area contributed by atoms with Crippen LogP contribution in [0, 0.1) is 0 Å². The fourth-order valence-electron chi connectivity index (χ4n) is 0.738. The molecule has 0 aromatic carbocycles. The molecule has 0 amide bonds. The number of quaternary nitrogens is 2. The van der Waals surface area contributed by atoms with E-state index in [-0.39, 0.29) is 17.5 Å². The van der Waals surface area contributed by atoms with Crippen molar-refractivity contribution >= 4 is 40.6 Å². The van der Waals surface area contributed by atoms with Crippen molar-refractivity contribution in [1.29, 1.82) is 0 Å². The van der Waals surface area contributed by atoms with E-state index in [0.29, 0.717) is 21.6 Å². The van der Waals surface area contributed by atoms with Gasteiger partial charge in [-0.05, 0) is 22.5 Å². The summed E-state index contributed by atoms with van der Waals surface area (Å²) in [4.78, 5) is 1.71. The van der Waals surface area contributed by atoms with Crippen molar-refractivity contribution in [1.82, 2.24) is 4.90 Å². The third-order valence-corrected chi connectivity index (χ3v) is 7.15. The van der Waals surface area contributed by atoms with Crippen LogP contribution in [-0.2, 0) is 45.1 Å². The Labute approximate surface area is 115 Å². The summed E-state index contributed by atoms with van der Waals surface area (Å²) >= 11 is 0. The number of rotatable bonds is 9. The van der Waals surface area contributed by atoms with E-state index in [4.69, 9.17) is 0 Å². The molecule has 0 aliphatic rings. The lowest BCUT2D eigenvalue weighted by molar-refractivity contribution is -0.636. The third-order valence-electron chi connectivity index (χ3n) is 1.83. The van der Waals surface area contributed by atoms with Crippen molar-refractivity contribution < 1.29 is 37.9 Å². The van der Waals surface area contributed by atoms with Gasteiger partial charge in [0.2, 0.25) is 0 Å². The molecule has 0 aliphatic carbocycles. The minimum Gasteiger partial charge on any atom is -0.304 e. The predicted molar refractivity (Wildman–Crippen MR) is 67.8 cm³/mol. The lowest BCUT2D eigenvalue weighted by Gasteiger charge is -2.19. The van der Waals surface area contributed by atoms with Gasteiger partial charge in [0, 0.05) is 6.04 Å². The molecule has 2 unspecified atom stereocenters. The summed E-state index contributed by atoms with van der Waals surface area (Å²) in [5.41, 5.74) is 0. The van der Waals surface area contributed by atoms with Gasteiger partial charge in [0.05, 0.1) is 29.2 Å². The maximum absolute atomic E-state index is 11.1. The van der Waals surface area contributed by atoms with E-state index >= 15 is 0 Å². The molecule has 18 heavy (non-hydrogen) atoms. The van der Waals surface area contributed by atoms with Crippen LogP contribution in [0.3, 0.4) is 0 Å². The van der Waals surface area contributed by atoms with Crippen molar-refractivity contribution in [3.63, 3.8) is 0 Å². The van der Waals surface area contributed by atoms with Crippen LogP contribution in [0.25, 0.3) is 0 Å². The van der Waals surface area contributed by atoms with E-state index in [0.717, 1.165) is 0 Å². The summed E-state index contributed by atoms with van der Waals surface area (Å²) in [5.74, 6) is 5.94. The van der Waals surface area contributed by atoms with Gasteiger partial charge < -0.3 is 4.90 Å². The molecule has 0 aromatic rings. The Hall–Kier alpha value is 0.720. The van der Waals surface area contributed by atoms with E-state index in [1.54, 1.807) is 19.0 Å². The predicted octanol–water partition coefficient (Wildman–Crippen LogP) is -1.92. The first-order valence-electron chi connectivity index (χ1n) is 4.46. The van der Waals surface area contributed by atoms with Gasteiger partial charge in [-0.2, -0.15) is 11.8 Å². The summed E-state index contributed by atoms with van der Waals surface area (Å²) in [5, 5.41) is 0. The zero-order valence-electron chi connectivity index (χ0n) is 9.94. The van der Waals surface area contributed by atoms with Crippen molar-refractivity contribution in [2.75, 3.05) is 25.6 Å². The minimum absolute atomic E-state index is 0.143. The number of nitrogens with zero attached hydrogens (tertiary/aromatic N) is 1. The summed E-state index contributed by atoms with van der Waals surface area (Å²) in [7, 11) is -2.93. The van der Waals surface area contributed by atoms with Crippen LogP contribution in [0.2, 0.25) is 0 Å². The Balaban J connectivity index is 4.34. The van der Waals surface area contributed by atoms with Gasteiger partial charge in [-0.3, -0.25) is 0 Å². The molecule has 108 valence electrons. The van der Waals surface area contributed by atoms with Crippen LogP contribution in [0.15, 0.2) is 0 Å². The average Bonchev–Trinajstić information content (AvgIpc) is 2.28. The van der Waals surface area contributed by atoms with Gasteiger partial charge in [-0.15, -0.1) is 0 Å². The maximum Gasteiger partial charge on any atom is 0.510 e. The second-order valence-corrected chi connectivity index (χ2v) is 10.3. The normalized spacial score (nSPS) is 20.4. The Morgan fingerprint density at radius 2 is 1.39 bits per heavy atom. The van der Waals surface area contributed by atoms with Crippen LogP contribution < -0.4 is 11.8 Å². The smallest absolute Gasteiger partial charge is 0.304 e. The van der Waals surface area contributed by atoms with E-state index in [1.165, 1.54) is 0 Å². The second kappa shape index (κ2) is 8.11. The highest BCUT2D eigenvalue weighted by Gasteiger charge is 2.40. The van der Waals surface area contributed by atoms with Crippen LogP contribution >= 0.6 is 21.6 Å². The lowest BCUT2D eigenvalue weighted by Crippen LogP contribution is -2.52. The van der Waals surface area contributed by atoms with Gasteiger partial charge in [0.15, 0.2) is 21.6 Å². The van der Waals surface area contributed by atoms with Gasteiger partial charge in [0.1, 0.15) is 0 Å². The minimum atomic E-state index is -3.73. The molecule has 9 nitrogen and oxygen atoms in total. The standard InChI is InChI=1S/C5H17N3O6S4/c1-8(2)5(3-15-17(9,10)13-6)4-16-18(11,12)14-7/h5H,3-4H2,1-2,6-7H3/q+4. The Morgan fingerprint density at radius 1 is 1.06 bits per heavy atom. The molecule has 0 spiro atoms. The highest BCUT2D eigenvalue weighted by Crippen LogP contribution is 2.26. The first-order chi connectivity index (χ1) is 8.13. The zero-order chi connectivity index (χ0) is 14.4. The lowest BCUT2D eigenvalue weighted by atomic mass is 10.4. The molecule has 0 aromatic heterocycles. The van der Waals surface area contributed by atoms with E-state index in [2.05, 4.69) is 20.4 Å². The average molecular weight is 343 g/mol. The van der Waals surface area contributed by atoms with Gasteiger partial charge >= 0.3 is 19.1 Å². The highest BCUT2D eigenvalue weighted by molar-refractivity contribution is 8.73. The van der Waals surface area contributed by atoms with Gasteiger partial charge in [-0.1, -0.05) is 0 Å². The molecular formula is C5H17N3O6S4+4. The van der Waals surface area contributed by atoms with E-state index < -0.39 is 19.1 Å². The first kappa shape index (κ1) is 18.7. The number of hydrogen-bond acceptors (Lipinski definition) is 7. The van der Waals surface area contributed by atoms with Crippen LogP contribution in [0.1, 0.15) is 0 Å². The van der Waals surface area contributed by atoms with Crippen LogP contribution in [-0.4, -0.2) is 36.5 Å². The fraction of sp³-hybridized carbons (Fsp3) is 1.00. The molecule has 0 bridgehead atoms. The molecule has 6 N–H and O–H groups in total. The molecular weight excluding hydrogens is 326 g/mol. The molecule has 0 saturated carbocycles. The van der Waals surface area contributed by atoms with Crippen molar-refractivity contribution in [3.05, 3.63) is 0 Å². The van der Waals surface area contributed by atoms with Crippen LogP contribution in [0.4, 0.5) is 0 Å². The third kappa shape index (κ3) is 8.00. The summed E-state index contributed by atoms with van der Waals surface area (Å²) in [6.45, 7) is 0. The molecule has 0 saturated heterocycles. The van der Waals surface area contributed by atoms with Gasteiger partial charge in [0.25, 0.3) is 0 Å². The topological polar surface area (TPSA) is 151 Å². The highest BCUT2D eigenvalue weighted by atomic mass is 33.2. The molecule has 0 heterocycles. The van der Waals surface area contributed by atoms with E-state index in [1.807, 2.05) is 0 Å². The quantitative estimate of drug-likeness (QED) is 0.281. The zero-order valence-corrected chi connectivity index (χ0v) is 13.2. The molecule has 13 heteroatoms. The Morgan fingerprint density at radius 3 is 1.61 bits per heavy atom. The van der Waals surface area contributed by atoms with Crippen molar-refractivity contribution in [2.24, 2.45) is 0 Å². The molecule has 0 rings (SSSR count). The van der Waals surface area contributed by atoms with Crippen LogP contribution in [0.5, 0.6) is 0 Å². The first-order valence-corrected chi connectivity index (χ1v) is 10.3. The SMILES string of the molecule is CN(C)C(CS[S+]([O])(=O)O[NH3+])CS[S+]([O])(=O)O[NH3+]. The van der Waals surface area contributed by atoms with Crippen molar-refractivity contribution in [2.45, 2.75) is 6.04 Å². The Kier molecular flexibility index (Phi) is 8.43. The summed E-state index contributed by atoms with van der Waals surface area (Å²) in [6, 6.07) is -0.296. The van der Waals surface area contributed by atoms with Gasteiger partial charge in [-0.25, -0.2) is 0 Å².